The summed E-state index contributed by atoms with van der Waals surface area (Å²) in [5, 5.41) is 0. The Hall–Kier alpha value is -1.96. The molecule has 3 rings (SSSR count). The summed E-state index contributed by atoms with van der Waals surface area (Å²) in [7, 11) is 0. The van der Waals surface area contributed by atoms with Gasteiger partial charge in [-0.2, -0.15) is 0 Å². The Morgan fingerprint density at radius 3 is 2.86 bits per heavy atom. The maximum Gasteiger partial charge on any atom is 0.105 e. The van der Waals surface area contributed by atoms with Crippen molar-refractivity contribution in [3.05, 3.63) is 71.7 Å². The van der Waals surface area contributed by atoms with E-state index in [0.717, 1.165) is 19.7 Å². The first-order valence-electron chi connectivity index (χ1n) is 8.30. The number of ether oxygens (including phenoxy) is 1. The summed E-state index contributed by atoms with van der Waals surface area (Å²) >= 11 is 0. The Morgan fingerprint density at radius 2 is 2.14 bits per heavy atom. The number of benzene rings is 1. The van der Waals surface area contributed by atoms with Crippen molar-refractivity contribution in [2.45, 2.75) is 32.7 Å². The molecule has 2 nitrogen and oxygen atoms in total. The lowest BCUT2D eigenvalue weighted by Gasteiger charge is -2.25. The first-order chi connectivity index (χ1) is 10.8. The third-order valence-corrected chi connectivity index (χ3v) is 4.53. The minimum absolute atomic E-state index is 0.526. The van der Waals surface area contributed by atoms with Gasteiger partial charge in [-0.15, -0.1) is 6.58 Å². The summed E-state index contributed by atoms with van der Waals surface area (Å²) in [6.07, 6.45) is 7.98. The van der Waals surface area contributed by atoms with Gasteiger partial charge in [0.1, 0.15) is 5.76 Å². The summed E-state index contributed by atoms with van der Waals surface area (Å²) in [5.74, 6) is 1.70. The minimum atomic E-state index is 0.526. The van der Waals surface area contributed by atoms with E-state index < -0.39 is 0 Å². The summed E-state index contributed by atoms with van der Waals surface area (Å²) < 4.78 is 5.89. The SMILES string of the molecule is C=CCN(Cc1ccccc1)C1=C2CCC[C@@H]2C(OCC)=C1. The monoisotopic (exact) mass is 295 g/mol. The second-order valence-corrected chi connectivity index (χ2v) is 5.99. The van der Waals surface area contributed by atoms with Gasteiger partial charge in [0, 0.05) is 24.7 Å². The van der Waals surface area contributed by atoms with Crippen LogP contribution >= 0.6 is 0 Å². The van der Waals surface area contributed by atoms with Crippen LogP contribution in [0.5, 0.6) is 0 Å². The minimum Gasteiger partial charge on any atom is -0.498 e. The zero-order chi connectivity index (χ0) is 15.4. The van der Waals surface area contributed by atoms with E-state index >= 15 is 0 Å². The van der Waals surface area contributed by atoms with E-state index in [-0.39, 0.29) is 0 Å². The van der Waals surface area contributed by atoms with Crippen LogP contribution in [0.4, 0.5) is 0 Å². The summed E-state index contributed by atoms with van der Waals surface area (Å²) in [5.41, 5.74) is 4.28. The fraction of sp³-hybridized carbons (Fsp3) is 0.400. The third kappa shape index (κ3) is 2.96. The van der Waals surface area contributed by atoms with Crippen LogP contribution in [0.2, 0.25) is 0 Å². The van der Waals surface area contributed by atoms with Crippen molar-refractivity contribution in [1.29, 1.82) is 0 Å². The van der Waals surface area contributed by atoms with E-state index in [1.54, 1.807) is 5.57 Å². The van der Waals surface area contributed by atoms with Crippen LogP contribution in [-0.4, -0.2) is 18.1 Å². The van der Waals surface area contributed by atoms with E-state index in [1.165, 1.54) is 36.3 Å². The Bertz CT molecular complexity index is 585. The molecule has 0 heterocycles. The molecule has 0 spiro atoms. The molecule has 0 aromatic heterocycles. The maximum atomic E-state index is 5.89. The molecule has 0 aliphatic heterocycles. The van der Waals surface area contributed by atoms with Gasteiger partial charge in [0.25, 0.3) is 0 Å². The van der Waals surface area contributed by atoms with E-state index in [0.29, 0.717) is 5.92 Å². The Morgan fingerprint density at radius 1 is 1.32 bits per heavy atom. The molecule has 2 heteroatoms. The molecule has 0 saturated heterocycles. The number of fused-ring (bicyclic) bond motifs is 1. The molecule has 0 amide bonds. The van der Waals surface area contributed by atoms with Gasteiger partial charge in [-0.3, -0.25) is 0 Å². The predicted octanol–water partition coefficient (Wildman–Crippen LogP) is 4.66. The lowest BCUT2D eigenvalue weighted by atomic mass is 10.0. The van der Waals surface area contributed by atoms with Gasteiger partial charge >= 0.3 is 0 Å². The van der Waals surface area contributed by atoms with Crippen LogP contribution in [-0.2, 0) is 11.3 Å². The maximum absolute atomic E-state index is 5.89. The van der Waals surface area contributed by atoms with E-state index in [9.17, 15) is 0 Å². The fourth-order valence-corrected chi connectivity index (χ4v) is 3.60. The zero-order valence-electron chi connectivity index (χ0n) is 13.4. The molecule has 1 saturated carbocycles. The number of rotatable bonds is 7. The topological polar surface area (TPSA) is 12.5 Å². The van der Waals surface area contributed by atoms with Crippen LogP contribution in [0.25, 0.3) is 0 Å². The highest BCUT2D eigenvalue weighted by molar-refractivity contribution is 5.41. The Balaban J connectivity index is 1.87. The highest BCUT2D eigenvalue weighted by Gasteiger charge is 2.34. The zero-order valence-corrected chi connectivity index (χ0v) is 13.4. The summed E-state index contributed by atoms with van der Waals surface area (Å²) in [4.78, 5) is 2.43. The van der Waals surface area contributed by atoms with Gasteiger partial charge in [-0.1, -0.05) is 36.4 Å². The van der Waals surface area contributed by atoms with Gasteiger partial charge in [0.05, 0.1) is 6.61 Å². The number of allylic oxidation sites excluding steroid dienone is 2. The smallest absolute Gasteiger partial charge is 0.105 e. The van der Waals surface area contributed by atoms with Gasteiger partial charge < -0.3 is 9.64 Å². The average Bonchev–Trinajstić information content (AvgIpc) is 3.12. The highest BCUT2D eigenvalue weighted by atomic mass is 16.5. The van der Waals surface area contributed by atoms with Crippen molar-refractivity contribution < 1.29 is 4.74 Å². The molecular formula is C20H25NO. The molecule has 0 radical (unpaired) electrons. The van der Waals surface area contributed by atoms with Crippen LogP contribution in [0.3, 0.4) is 0 Å². The van der Waals surface area contributed by atoms with E-state index in [2.05, 4.69) is 54.8 Å². The lowest BCUT2D eigenvalue weighted by molar-refractivity contribution is 0.203. The van der Waals surface area contributed by atoms with Gasteiger partial charge in [-0.05, 0) is 43.4 Å². The van der Waals surface area contributed by atoms with Crippen molar-refractivity contribution in [2.75, 3.05) is 13.2 Å². The second-order valence-electron chi connectivity index (χ2n) is 5.99. The number of hydrogen-bond acceptors (Lipinski definition) is 2. The number of hydrogen-bond donors (Lipinski definition) is 0. The highest BCUT2D eigenvalue weighted by Crippen LogP contribution is 2.45. The Labute approximate surface area is 133 Å². The van der Waals surface area contributed by atoms with Crippen molar-refractivity contribution in [2.24, 2.45) is 5.92 Å². The quantitative estimate of drug-likeness (QED) is 0.678. The molecule has 22 heavy (non-hydrogen) atoms. The summed E-state index contributed by atoms with van der Waals surface area (Å²) in [6, 6.07) is 10.7. The van der Waals surface area contributed by atoms with Crippen molar-refractivity contribution >= 4 is 0 Å². The third-order valence-electron chi connectivity index (χ3n) is 4.53. The normalized spacial score (nSPS) is 19.9. The molecule has 0 bridgehead atoms. The molecule has 2 aliphatic carbocycles. The Kier molecular flexibility index (Phi) is 4.67. The standard InChI is InChI=1S/C20H25NO/c1-3-13-21(15-16-9-6-5-7-10-16)19-14-20(22-4-2)18-12-8-11-17(18)19/h3,5-7,9-10,14,18H,1,4,8,11-13,15H2,2H3/t18-/m0/s1. The molecule has 0 unspecified atom stereocenters. The van der Waals surface area contributed by atoms with E-state index in [4.69, 9.17) is 4.74 Å². The lowest BCUT2D eigenvalue weighted by Crippen LogP contribution is -2.22. The molecule has 1 aromatic rings. The van der Waals surface area contributed by atoms with Gasteiger partial charge in [0.15, 0.2) is 0 Å². The fourth-order valence-electron chi connectivity index (χ4n) is 3.60. The predicted molar refractivity (Wildman–Crippen MR) is 91.1 cm³/mol. The first-order valence-corrected chi connectivity index (χ1v) is 8.30. The van der Waals surface area contributed by atoms with Crippen LogP contribution in [0, 0.1) is 5.92 Å². The molecular weight excluding hydrogens is 270 g/mol. The van der Waals surface area contributed by atoms with Crippen molar-refractivity contribution in [3.8, 4) is 0 Å². The average molecular weight is 295 g/mol. The molecule has 1 fully saturated rings. The van der Waals surface area contributed by atoms with Crippen LogP contribution in [0.15, 0.2) is 66.1 Å². The van der Waals surface area contributed by atoms with Gasteiger partial charge in [0.2, 0.25) is 0 Å². The van der Waals surface area contributed by atoms with Crippen LogP contribution < -0.4 is 0 Å². The van der Waals surface area contributed by atoms with Gasteiger partial charge in [-0.25, -0.2) is 0 Å². The molecule has 1 aromatic carbocycles. The number of nitrogens with zero attached hydrogens (tertiary/aromatic N) is 1. The van der Waals surface area contributed by atoms with Crippen molar-refractivity contribution in [1.82, 2.24) is 4.90 Å². The van der Waals surface area contributed by atoms with Crippen LogP contribution in [0.1, 0.15) is 31.7 Å². The molecule has 0 N–H and O–H groups in total. The molecule has 116 valence electrons. The second kappa shape index (κ2) is 6.87. The molecule has 1 atom stereocenters. The first kappa shape index (κ1) is 15.0. The van der Waals surface area contributed by atoms with Crippen molar-refractivity contribution in [3.63, 3.8) is 0 Å². The largest absolute Gasteiger partial charge is 0.498 e. The molecule has 2 aliphatic rings. The van der Waals surface area contributed by atoms with E-state index in [1.807, 2.05) is 6.08 Å². The summed E-state index contributed by atoms with van der Waals surface area (Å²) in [6.45, 7) is 8.56.